The summed E-state index contributed by atoms with van der Waals surface area (Å²) < 4.78 is 0. The normalized spacial score (nSPS) is 15.9. The van der Waals surface area contributed by atoms with Gasteiger partial charge in [-0.15, -0.1) is 0 Å². The number of anilines is 1. The van der Waals surface area contributed by atoms with Crippen LogP contribution < -0.4 is 5.32 Å². The predicted octanol–water partition coefficient (Wildman–Crippen LogP) is 1.28. The molecule has 0 atom stereocenters. The van der Waals surface area contributed by atoms with Gasteiger partial charge in [0.2, 0.25) is 5.95 Å². The zero-order valence-electron chi connectivity index (χ0n) is 9.18. The maximum atomic E-state index is 10.7. The maximum absolute atomic E-state index is 10.7. The molecule has 1 saturated carbocycles. The number of carboxylic acids is 1. The fourth-order valence-corrected chi connectivity index (χ4v) is 1.59. The average Bonchev–Trinajstić information content (AvgIpc) is 3.08. The number of hydrogen-bond donors (Lipinski definition) is 2. The second-order valence-corrected chi connectivity index (χ2v) is 4.26. The average molecular weight is 232 g/mol. The van der Waals surface area contributed by atoms with Gasteiger partial charge in [0.25, 0.3) is 0 Å². The lowest BCUT2D eigenvalue weighted by atomic mass is 10.0. The number of rotatable bonds is 5. The van der Waals surface area contributed by atoms with Gasteiger partial charge in [-0.2, -0.15) is 5.26 Å². The fraction of sp³-hybridized carbons (Fsp3) is 0.455. The van der Waals surface area contributed by atoms with E-state index in [0.29, 0.717) is 18.9 Å². The Hall–Kier alpha value is -2.16. The zero-order valence-corrected chi connectivity index (χ0v) is 9.18. The number of nitriles is 1. The zero-order chi connectivity index (χ0) is 12.3. The molecule has 0 bridgehead atoms. The molecule has 2 rings (SSSR count). The first-order valence-corrected chi connectivity index (χ1v) is 5.32. The monoisotopic (exact) mass is 232 g/mol. The Kier molecular flexibility index (Phi) is 2.91. The van der Waals surface area contributed by atoms with Crippen LogP contribution in [-0.2, 0) is 0 Å². The Morgan fingerprint density at radius 1 is 1.65 bits per heavy atom. The lowest BCUT2D eigenvalue weighted by molar-refractivity contribution is 0.0690. The molecule has 0 aromatic carbocycles. The van der Waals surface area contributed by atoms with Gasteiger partial charge in [0, 0.05) is 24.6 Å². The maximum Gasteiger partial charge on any atom is 0.354 e. The Balaban J connectivity index is 1.98. The minimum absolute atomic E-state index is 0.0346. The minimum Gasteiger partial charge on any atom is -0.477 e. The standard InChI is InChI=1S/C11H12N4O2/c12-5-4-11(2-3-11)7-14-10-13-6-1-8(15-10)9(16)17/h1,6H,2-4,7H2,(H,16,17)(H,13,14,15). The molecular weight excluding hydrogens is 220 g/mol. The molecule has 1 aliphatic carbocycles. The van der Waals surface area contributed by atoms with Crippen molar-refractivity contribution in [2.75, 3.05) is 11.9 Å². The van der Waals surface area contributed by atoms with Crippen molar-refractivity contribution in [1.29, 1.82) is 5.26 Å². The highest BCUT2D eigenvalue weighted by Gasteiger charge is 2.42. The van der Waals surface area contributed by atoms with Crippen molar-refractivity contribution in [3.63, 3.8) is 0 Å². The van der Waals surface area contributed by atoms with E-state index in [9.17, 15) is 4.79 Å². The molecule has 1 fully saturated rings. The van der Waals surface area contributed by atoms with Crippen LogP contribution in [0.25, 0.3) is 0 Å². The molecule has 2 N–H and O–H groups in total. The topological polar surface area (TPSA) is 98.9 Å². The molecule has 6 nitrogen and oxygen atoms in total. The van der Waals surface area contributed by atoms with Crippen molar-refractivity contribution in [3.8, 4) is 6.07 Å². The quantitative estimate of drug-likeness (QED) is 0.793. The Labute approximate surface area is 98.3 Å². The Morgan fingerprint density at radius 2 is 2.41 bits per heavy atom. The third-order valence-electron chi connectivity index (χ3n) is 2.91. The summed E-state index contributed by atoms with van der Waals surface area (Å²) in [5.41, 5.74) is 0.00442. The van der Waals surface area contributed by atoms with Crippen molar-refractivity contribution in [2.24, 2.45) is 5.41 Å². The lowest BCUT2D eigenvalue weighted by Gasteiger charge is -2.11. The lowest BCUT2D eigenvalue weighted by Crippen LogP contribution is -2.17. The van der Waals surface area contributed by atoms with E-state index >= 15 is 0 Å². The highest BCUT2D eigenvalue weighted by molar-refractivity contribution is 5.85. The summed E-state index contributed by atoms with van der Waals surface area (Å²) in [7, 11) is 0. The van der Waals surface area contributed by atoms with E-state index in [1.807, 2.05) is 0 Å². The predicted molar refractivity (Wildman–Crippen MR) is 59.4 cm³/mol. The summed E-state index contributed by atoms with van der Waals surface area (Å²) in [4.78, 5) is 18.5. The molecule has 1 heterocycles. The molecule has 1 aliphatic rings. The van der Waals surface area contributed by atoms with E-state index in [0.717, 1.165) is 12.8 Å². The molecule has 0 saturated heterocycles. The van der Waals surface area contributed by atoms with Crippen LogP contribution in [0.5, 0.6) is 0 Å². The van der Waals surface area contributed by atoms with Crippen molar-refractivity contribution in [2.45, 2.75) is 19.3 Å². The molecule has 17 heavy (non-hydrogen) atoms. The summed E-state index contributed by atoms with van der Waals surface area (Å²) in [6.45, 7) is 0.615. The minimum atomic E-state index is -1.08. The number of hydrogen-bond acceptors (Lipinski definition) is 5. The molecular formula is C11H12N4O2. The number of nitrogens with zero attached hydrogens (tertiary/aromatic N) is 3. The summed E-state index contributed by atoms with van der Waals surface area (Å²) in [5, 5.41) is 20.4. The summed E-state index contributed by atoms with van der Waals surface area (Å²) >= 11 is 0. The van der Waals surface area contributed by atoms with Gasteiger partial charge >= 0.3 is 5.97 Å². The number of carbonyl (C=O) groups is 1. The van der Waals surface area contributed by atoms with E-state index < -0.39 is 5.97 Å². The van der Waals surface area contributed by atoms with E-state index in [1.54, 1.807) is 0 Å². The first-order valence-electron chi connectivity index (χ1n) is 5.32. The third kappa shape index (κ3) is 2.69. The van der Waals surface area contributed by atoms with Crippen LogP contribution in [0.3, 0.4) is 0 Å². The Morgan fingerprint density at radius 3 is 3.00 bits per heavy atom. The second-order valence-electron chi connectivity index (χ2n) is 4.26. The van der Waals surface area contributed by atoms with Crippen molar-refractivity contribution in [1.82, 2.24) is 9.97 Å². The van der Waals surface area contributed by atoms with E-state index in [-0.39, 0.29) is 11.1 Å². The van der Waals surface area contributed by atoms with Gasteiger partial charge in [0.1, 0.15) is 0 Å². The first kappa shape index (κ1) is 11.3. The van der Waals surface area contributed by atoms with Gasteiger partial charge in [-0.25, -0.2) is 14.8 Å². The van der Waals surface area contributed by atoms with Crippen LogP contribution in [0.1, 0.15) is 29.8 Å². The van der Waals surface area contributed by atoms with Gasteiger partial charge in [0.15, 0.2) is 5.69 Å². The molecule has 0 aliphatic heterocycles. The van der Waals surface area contributed by atoms with Crippen molar-refractivity contribution in [3.05, 3.63) is 18.0 Å². The van der Waals surface area contributed by atoms with Gasteiger partial charge in [-0.05, 0) is 18.9 Å². The smallest absolute Gasteiger partial charge is 0.354 e. The van der Waals surface area contributed by atoms with Gasteiger partial charge < -0.3 is 10.4 Å². The number of aromatic carboxylic acids is 1. The van der Waals surface area contributed by atoms with E-state index in [2.05, 4.69) is 21.4 Å². The van der Waals surface area contributed by atoms with Crippen LogP contribution >= 0.6 is 0 Å². The highest BCUT2D eigenvalue weighted by atomic mass is 16.4. The van der Waals surface area contributed by atoms with Crippen LogP contribution in [-0.4, -0.2) is 27.6 Å². The largest absolute Gasteiger partial charge is 0.477 e. The fourth-order valence-electron chi connectivity index (χ4n) is 1.59. The molecule has 0 spiro atoms. The van der Waals surface area contributed by atoms with Crippen LogP contribution in [0.15, 0.2) is 12.3 Å². The molecule has 88 valence electrons. The SMILES string of the molecule is N#CCC1(CNc2nccc(C(=O)O)n2)CC1. The summed E-state index contributed by atoms with van der Waals surface area (Å²) in [6.07, 6.45) is 3.96. The molecule has 1 aromatic heterocycles. The van der Waals surface area contributed by atoms with E-state index in [1.165, 1.54) is 12.3 Å². The highest BCUT2D eigenvalue weighted by Crippen LogP contribution is 2.48. The summed E-state index contributed by atoms with van der Waals surface area (Å²) in [5.74, 6) is -0.775. The van der Waals surface area contributed by atoms with Crippen LogP contribution in [0, 0.1) is 16.7 Å². The van der Waals surface area contributed by atoms with Crippen LogP contribution in [0.2, 0.25) is 0 Å². The second kappa shape index (κ2) is 4.37. The van der Waals surface area contributed by atoms with Crippen molar-refractivity contribution < 1.29 is 9.90 Å². The summed E-state index contributed by atoms with van der Waals surface area (Å²) in [6, 6.07) is 3.50. The molecule has 1 aromatic rings. The Bertz CT molecular complexity index is 477. The molecule has 0 amide bonds. The number of carboxylic acid groups (broad SMARTS) is 1. The van der Waals surface area contributed by atoms with Crippen LogP contribution in [0.4, 0.5) is 5.95 Å². The number of aromatic nitrogens is 2. The van der Waals surface area contributed by atoms with Gasteiger partial charge in [-0.1, -0.05) is 0 Å². The van der Waals surface area contributed by atoms with Gasteiger partial charge in [-0.3, -0.25) is 0 Å². The molecule has 6 heteroatoms. The third-order valence-corrected chi connectivity index (χ3v) is 2.91. The molecule has 0 unspecified atom stereocenters. The van der Waals surface area contributed by atoms with Gasteiger partial charge in [0.05, 0.1) is 6.07 Å². The number of nitrogens with one attached hydrogen (secondary N) is 1. The molecule has 0 radical (unpaired) electrons. The van der Waals surface area contributed by atoms with E-state index in [4.69, 9.17) is 10.4 Å². The first-order chi connectivity index (χ1) is 8.15. The van der Waals surface area contributed by atoms with Crippen molar-refractivity contribution >= 4 is 11.9 Å².